The SMILES string of the molecule is Cl.NCc1ccc(NC(=O)n2c(=O)[nH]c3ccc(Cl)cc32)cc1. The molecule has 8 heteroatoms. The number of hydrogen-bond donors (Lipinski definition) is 3. The monoisotopic (exact) mass is 352 g/mol. The van der Waals surface area contributed by atoms with Gasteiger partial charge in [0.25, 0.3) is 0 Å². The van der Waals surface area contributed by atoms with Gasteiger partial charge in [-0.15, -0.1) is 12.4 Å². The fourth-order valence-electron chi connectivity index (χ4n) is 2.18. The summed E-state index contributed by atoms with van der Waals surface area (Å²) in [5.74, 6) is 0. The molecule has 1 aromatic heterocycles. The average Bonchev–Trinajstić information content (AvgIpc) is 2.83. The van der Waals surface area contributed by atoms with Gasteiger partial charge in [0.05, 0.1) is 11.0 Å². The first-order chi connectivity index (χ1) is 10.6. The van der Waals surface area contributed by atoms with Gasteiger partial charge in [0, 0.05) is 17.3 Å². The van der Waals surface area contributed by atoms with Crippen LogP contribution in [-0.4, -0.2) is 15.6 Å². The van der Waals surface area contributed by atoms with Crippen molar-refractivity contribution < 1.29 is 4.79 Å². The number of benzene rings is 2. The Morgan fingerprint density at radius 2 is 1.91 bits per heavy atom. The van der Waals surface area contributed by atoms with E-state index in [0.717, 1.165) is 10.1 Å². The first-order valence-electron chi connectivity index (χ1n) is 6.59. The molecule has 23 heavy (non-hydrogen) atoms. The second kappa shape index (κ2) is 6.87. The van der Waals surface area contributed by atoms with Gasteiger partial charge >= 0.3 is 11.7 Å². The number of imidazole rings is 1. The van der Waals surface area contributed by atoms with Crippen LogP contribution < -0.4 is 16.7 Å². The van der Waals surface area contributed by atoms with E-state index >= 15 is 0 Å². The maximum atomic E-state index is 12.3. The maximum absolute atomic E-state index is 12.3. The molecule has 3 rings (SSSR count). The summed E-state index contributed by atoms with van der Waals surface area (Å²) in [5, 5.41) is 3.11. The normalized spacial score (nSPS) is 10.3. The topological polar surface area (TPSA) is 92.9 Å². The molecule has 0 radical (unpaired) electrons. The van der Waals surface area contributed by atoms with Crippen LogP contribution in [-0.2, 0) is 6.54 Å². The van der Waals surface area contributed by atoms with Crippen LogP contribution in [0, 0.1) is 0 Å². The smallest absolute Gasteiger partial charge is 0.326 e. The van der Waals surface area contributed by atoms with Gasteiger partial charge in [-0.2, -0.15) is 0 Å². The number of nitrogens with one attached hydrogen (secondary N) is 2. The van der Waals surface area contributed by atoms with Crippen LogP contribution in [0.2, 0.25) is 5.02 Å². The summed E-state index contributed by atoms with van der Waals surface area (Å²) in [5.41, 5.74) is 7.50. The van der Waals surface area contributed by atoms with Gasteiger partial charge in [-0.1, -0.05) is 23.7 Å². The number of rotatable bonds is 2. The summed E-state index contributed by atoms with van der Waals surface area (Å²) >= 11 is 5.93. The predicted octanol–water partition coefficient (Wildman–Crippen LogP) is 2.94. The summed E-state index contributed by atoms with van der Waals surface area (Å²) in [7, 11) is 0. The van der Waals surface area contributed by atoms with Crippen molar-refractivity contribution in [2.24, 2.45) is 5.73 Å². The van der Waals surface area contributed by atoms with E-state index in [0.29, 0.717) is 28.3 Å². The van der Waals surface area contributed by atoms with Crippen molar-refractivity contribution in [2.75, 3.05) is 5.32 Å². The zero-order valence-electron chi connectivity index (χ0n) is 11.9. The Morgan fingerprint density at radius 1 is 1.22 bits per heavy atom. The fourth-order valence-corrected chi connectivity index (χ4v) is 2.35. The van der Waals surface area contributed by atoms with Crippen LogP contribution in [0.4, 0.5) is 10.5 Å². The quantitative estimate of drug-likeness (QED) is 0.661. The molecular weight excluding hydrogens is 339 g/mol. The fraction of sp³-hybridized carbons (Fsp3) is 0.0667. The summed E-state index contributed by atoms with van der Waals surface area (Å²) in [6, 6.07) is 11.4. The Kier molecular flexibility index (Phi) is 5.10. The lowest BCUT2D eigenvalue weighted by molar-refractivity contribution is 0.253. The number of nitrogens with two attached hydrogens (primary N) is 1. The van der Waals surface area contributed by atoms with Crippen molar-refractivity contribution in [3.05, 3.63) is 63.5 Å². The molecule has 0 saturated heterocycles. The van der Waals surface area contributed by atoms with E-state index in [1.165, 1.54) is 0 Å². The van der Waals surface area contributed by atoms with Gasteiger partial charge in [0.15, 0.2) is 0 Å². The predicted molar refractivity (Wildman–Crippen MR) is 93.6 cm³/mol. The van der Waals surface area contributed by atoms with Crippen LogP contribution >= 0.6 is 24.0 Å². The van der Waals surface area contributed by atoms with E-state index in [1.807, 2.05) is 12.1 Å². The van der Waals surface area contributed by atoms with Crippen molar-refractivity contribution in [1.82, 2.24) is 9.55 Å². The van der Waals surface area contributed by atoms with Crippen molar-refractivity contribution >= 4 is 46.8 Å². The molecule has 0 aliphatic rings. The van der Waals surface area contributed by atoms with E-state index in [2.05, 4.69) is 10.3 Å². The van der Waals surface area contributed by atoms with Crippen LogP contribution in [0.5, 0.6) is 0 Å². The highest BCUT2D eigenvalue weighted by Gasteiger charge is 2.14. The Morgan fingerprint density at radius 3 is 2.57 bits per heavy atom. The second-order valence-electron chi connectivity index (χ2n) is 4.76. The van der Waals surface area contributed by atoms with Gasteiger partial charge in [-0.05, 0) is 35.9 Å². The van der Waals surface area contributed by atoms with Gasteiger partial charge in [0.2, 0.25) is 0 Å². The zero-order chi connectivity index (χ0) is 15.7. The lowest BCUT2D eigenvalue weighted by Gasteiger charge is -2.06. The number of carbonyl (C=O) groups excluding carboxylic acids is 1. The minimum Gasteiger partial charge on any atom is -0.326 e. The minimum atomic E-state index is -0.556. The molecule has 6 nitrogen and oxygen atoms in total. The maximum Gasteiger partial charge on any atom is 0.334 e. The second-order valence-corrected chi connectivity index (χ2v) is 5.19. The molecule has 120 valence electrons. The van der Waals surface area contributed by atoms with Gasteiger partial charge in [-0.3, -0.25) is 0 Å². The molecule has 1 amide bonds. The molecule has 0 fully saturated rings. The molecule has 2 aromatic carbocycles. The number of anilines is 1. The number of aromatic amines is 1. The molecule has 0 unspecified atom stereocenters. The van der Waals surface area contributed by atoms with E-state index in [9.17, 15) is 9.59 Å². The number of nitrogens with zero attached hydrogens (tertiary/aromatic N) is 1. The molecule has 3 aromatic rings. The zero-order valence-corrected chi connectivity index (χ0v) is 13.4. The molecule has 0 aliphatic carbocycles. The molecule has 0 aliphatic heterocycles. The summed E-state index contributed by atoms with van der Waals surface area (Å²) in [6.45, 7) is 0.425. The van der Waals surface area contributed by atoms with Crippen molar-refractivity contribution in [1.29, 1.82) is 0 Å². The van der Waals surface area contributed by atoms with E-state index in [4.69, 9.17) is 17.3 Å². The summed E-state index contributed by atoms with van der Waals surface area (Å²) < 4.78 is 1.01. The molecular formula is C15H14Cl2N4O2. The summed E-state index contributed by atoms with van der Waals surface area (Å²) in [6.07, 6.45) is 0. The number of aromatic nitrogens is 2. The first-order valence-corrected chi connectivity index (χ1v) is 6.97. The highest BCUT2D eigenvalue weighted by molar-refractivity contribution is 6.31. The largest absolute Gasteiger partial charge is 0.334 e. The number of fused-ring (bicyclic) bond motifs is 1. The van der Waals surface area contributed by atoms with Crippen molar-refractivity contribution in [3.63, 3.8) is 0 Å². The van der Waals surface area contributed by atoms with E-state index < -0.39 is 11.7 Å². The van der Waals surface area contributed by atoms with Gasteiger partial charge in [0.1, 0.15) is 0 Å². The third-order valence-corrected chi connectivity index (χ3v) is 3.52. The van der Waals surface area contributed by atoms with E-state index in [-0.39, 0.29) is 12.4 Å². The number of amides is 1. The van der Waals surface area contributed by atoms with E-state index in [1.54, 1.807) is 30.3 Å². The van der Waals surface area contributed by atoms with Crippen LogP contribution in [0.1, 0.15) is 5.56 Å². The molecule has 1 heterocycles. The first kappa shape index (κ1) is 17.1. The molecule has 0 bridgehead atoms. The number of halogens is 2. The van der Waals surface area contributed by atoms with Crippen LogP contribution in [0.3, 0.4) is 0 Å². The third kappa shape index (κ3) is 3.39. The Labute approximate surface area is 142 Å². The molecule has 0 spiro atoms. The van der Waals surface area contributed by atoms with Crippen LogP contribution in [0.25, 0.3) is 11.0 Å². The molecule has 0 atom stereocenters. The Hall–Kier alpha value is -2.28. The summed E-state index contributed by atoms with van der Waals surface area (Å²) in [4.78, 5) is 26.9. The minimum absolute atomic E-state index is 0. The van der Waals surface area contributed by atoms with Gasteiger partial charge in [-0.25, -0.2) is 14.2 Å². The Bertz CT molecular complexity index is 900. The van der Waals surface area contributed by atoms with Gasteiger partial charge < -0.3 is 16.0 Å². The third-order valence-electron chi connectivity index (χ3n) is 3.29. The van der Waals surface area contributed by atoms with Crippen LogP contribution in [0.15, 0.2) is 47.3 Å². The lowest BCUT2D eigenvalue weighted by atomic mass is 10.2. The standard InChI is InChI=1S/C15H13ClN4O2.ClH/c16-10-3-6-12-13(7-10)20(15(22)19-12)14(21)18-11-4-1-9(8-17)2-5-11;/h1-7H,8,17H2,(H,18,21)(H,19,22);1H. The van der Waals surface area contributed by atoms with Crippen molar-refractivity contribution in [2.45, 2.75) is 6.54 Å². The number of hydrogen-bond acceptors (Lipinski definition) is 3. The number of H-pyrrole nitrogens is 1. The Balaban J connectivity index is 0.00000192. The molecule has 0 saturated carbocycles. The highest BCUT2D eigenvalue weighted by Crippen LogP contribution is 2.17. The average molecular weight is 353 g/mol. The molecule has 4 N–H and O–H groups in total. The highest BCUT2D eigenvalue weighted by atomic mass is 35.5. The number of carbonyl (C=O) groups is 1. The lowest BCUT2D eigenvalue weighted by Crippen LogP contribution is -2.29. The van der Waals surface area contributed by atoms with Crippen molar-refractivity contribution in [3.8, 4) is 0 Å².